The van der Waals surface area contributed by atoms with Gasteiger partial charge < -0.3 is 14.8 Å². The Morgan fingerprint density at radius 3 is 2.79 bits per heavy atom. The molecule has 0 bridgehead atoms. The SMILES string of the molecule is COc1cc(C)c2[nH]ccc2c1CN1CCCC(c2ccc(CC(=O)O)cc2)C1. The molecule has 0 spiro atoms. The van der Waals surface area contributed by atoms with Gasteiger partial charge in [-0.25, -0.2) is 0 Å². The number of aromatic amines is 1. The number of hydrogen-bond donors (Lipinski definition) is 2. The molecule has 0 radical (unpaired) electrons. The number of carbonyl (C=O) groups is 1. The largest absolute Gasteiger partial charge is 0.496 e. The smallest absolute Gasteiger partial charge is 0.307 e. The summed E-state index contributed by atoms with van der Waals surface area (Å²) in [5.41, 5.74) is 5.78. The number of methoxy groups -OCH3 is 1. The van der Waals surface area contributed by atoms with Crippen molar-refractivity contribution < 1.29 is 14.6 Å². The van der Waals surface area contributed by atoms with Crippen molar-refractivity contribution in [3.8, 4) is 5.75 Å². The molecule has 1 unspecified atom stereocenters. The number of aryl methyl sites for hydroxylation is 1. The van der Waals surface area contributed by atoms with Crippen LogP contribution in [0, 0.1) is 6.92 Å². The molecule has 29 heavy (non-hydrogen) atoms. The van der Waals surface area contributed by atoms with Crippen molar-refractivity contribution in [1.82, 2.24) is 9.88 Å². The molecule has 2 N–H and O–H groups in total. The van der Waals surface area contributed by atoms with Crippen LogP contribution in [0.3, 0.4) is 0 Å². The number of piperidine rings is 1. The van der Waals surface area contributed by atoms with Crippen LogP contribution in [0.1, 0.15) is 41.0 Å². The Kier molecular flexibility index (Phi) is 5.58. The highest BCUT2D eigenvalue weighted by molar-refractivity contribution is 5.88. The average Bonchev–Trinajstić information content (AvgIpc) is 3.21. The van der Waals surface area contributed by atoms with E-state index in [0.717, 1.165) is 37.4 Å². The first-order valence-electron chi connectivity index (χ1n) is 10.2. The molecule has 1 atom stereocenters. The zero-order valence-corrected chi connectivity index (χ0v) is 17.1. The van der Waals surface area contributed by atoms with Gasteiger partial charge in [-0.05, 0) is 61.1 Å². The molecule has 1 aliphatic rings. The fourth-order valence-electron chi connectivity index (χ4n) is 4.56. The molecular formula is C24H28N2O3. The summed E-state index contributed by atoms with van der Waals surface area (Å²) >= 11 is 0. The number of hydrogen-bond acceptors (Lipinski definition) is 3. The number of carboxylic acids is 1. The molecule has 152 valence electrons. The van der Waals surface area contributed by atoms with Gasteiger partial charge in [0.05, 0.1) is 13.5 Å². The predicted octanol–water partition coefficient (Wildman–Crippen LogP) is 4.49. The Hall–Kier alpha value is -2.79. The quantitative estimate of drug-likeness (QED) is 0.649. The van der Waals surface area contributed by atoms with Crippen LogP contribution in [0.4, 0.5) is 0 Å². The number of nitrogens with zero attached hydrogens (tertiary/aromatic N) is 1. The lowest BCUT2D eigenvalue weighted by molar-refractivity contribution is -0.136. The minimum absolute atomic E-state index is 0.0803. The summed E-state index contributed by atoms with van der Waals surface area (Å²) in [4.78, 5) is 16.8. The third-order valence-corrected chi connectivity index (χ3v) is 6.03. The van der Waals surface area contributed by atoms with Gasteiger partial charge >= 0.3 is 5.97 Å². The van der Waals surface area contributed by atoms with E-state index >= 15 is 0 Å². The van der Waals surface area contributed by atoms with E-state index in [0.29, 0.717) is 5.92 Å². The molecule has 1 saturated heterocycles. The lowest BCUT2D eigenvalue weighted by Gasteiger charge is -2.33. The Bertz CT molecular complexity index is 1010. The van der Waals surface area contributed by atoms with E-state index in [1.165, 1.54) is 34.0 Å². The van der Waals surface area contributed by atoms with E-state index in [-0.39, 0.29) is 6.42 Å². The molecule has 4 rings (SSSR count). The molecule has 2 aromatic carbocycles. The first-order valence-corrected chi connectivity index (χ1v) is 10.2. The minimum atomic E-state index is -0.787. The van der Waals surface area contributed by atoms with Gasteiger partial charge in [-0.2, -0.15) is 0 Å². The first kappa shape index (κ1) is 19.5. The number of aliphatic carboxylic acids is 1. The number of aromatic nitrogens is 1. The molecule has 3 aromatic rings. The highest BCUT2D eigenvalue weighted by Crippen LogP contribution is 2.34. The maximum absolute atomic E-state index is 10.9. The van der Waals surface area contributed by atoms with Crippen LogP contribution >= 0.6 is 0 Å². The number of nitrogens with one attached hydrogen (secondary N) is 1. The van der Waals surface area contributed by atoms with Gasteiger partial charge in [-0.3, -0.25) is 9.69 Å². The van der Waals surface area contributed by atoms with Crippen molar-refractivity contribution in [2.75, 3.05) is 20.2 Å². The van der Waals surface area contributed by atoms with Crippen LogP contribution in [0.15, 0.2) is 42.6 Å². The Balaban J connectivity index is 1.52. The van der Waals surface area contributed by atoms with E-state index in [1.54, 1.807) is 7.11 Å². The zero-order chi connectivity index (χ0) is 20.4. The minimum Gasteiger partial charge on any atom is -0.496 e. The number of rotatable bonds is 6. The summed E-state index contributed by atoms with van der Waals surface area (Å²) in [5.74, 6) is 0.639. The lowest BCUT2D eigenvalue weighted by Crippen LogP contribution is -2.34. The molecule has 1 aliphatic heterocycles. The second kappa shape index (κ2) is 8.29. The number of benzene rings is 2. The molecule has 0 amide bonds. The highest BCUT2D eigenvalue weighted by atomic mass is 16.5. The van der Waals surface area contributed by atoms with Gasteiger partial charge in [0.1, 0.15) is 5.75 Å². The highest BCUT2D eigenvalue weighted by Gasteiger charge is 2.23. The van der Waals surface area contributed by atoms with Gasteiger partial charge in [0.25, 0.3) is 0 Å². The fourth-order valence-corrected chi connectivity index (χ4v) is 4.56. The first-order chi connectivity index (χ1) is 14.0. The van der Waals surface area contributed by atoms with Crippen molar-refractivity contribution in [3.63, 3.8) is 0 Å². The van der Waals surface area contributed by atoms with Gasteiger partial charge in [-0.1, -0.05) is 24.3 Å². The summed E-state index contributed by atoms with van der Waals surface area (Å²) in [7, 11) is 1.74. The molecule has 1 fully saturated rings. The van der Waals surface area contributed by atoms with Crippen molar-refractivity contribution in [3.05, 3.63) is 64.8 Å². The number of carboxylic acid groups (broad SMARTS) is 1. The maximum atomic E-state index is 10.9. The number of likely N-dealkylation sites (tertiary alicyclic amines) is 1. The molecule has 2 heterocycles. The van der Waals surface area contributed by atoms with Crippen LogP contribution in [0.5, 0.6) is 5.75 Å². The monoisotopic (exact) mass is 392 g/mol. The van der Waals surface area contributed by atoms with E-state index in [2.05, 4.69) is 41.1 Å². The standard InChI is InChI=1S/C24H28N2O3/c1-16-12-22(29-2)21(20-9-10-25-24(16)20)15-26-11-3-4-19(14-26)18-7-5-17(6-8-18)13-23(27)28/h5-10,12,19,25H,3-4,11,13-15H2,1-2H3,(H,27,28). The molecular weight excluding hydrogens is 364 g/mol. The molecule has 5 heteroatoms. The van der Waals surface area contributed by atoms with Gasteiger partial charge in [0.2, 0.25) is 0 Å². The summed E-state index contributed by atoms with van der Waals surface area (Å²) < 4.78 is 5.71. The van der Waals surface area contributed by atoms with Crippen LogP contribution in [0.25, 0.3) is 10.9 Å². The third kappa shape index (κ3) is 4.15. The van der Waals surface area contributed by atoms with Gasteiger partial charge in [0, 0.05) is 35.8 Å². The van der Waals surface area contributed by atoms with E-state index in [1.807, 2.05) is 18.3 Å². The van der Waals surface area contributed by atoms with E-state index in [4.69, 9.17) is 9.84 Å². The van der Waals surface area contributed by atoms with Crippen LogP contribution < -0.4 is 4.74 Å². The molecule has 5 nitrogen and oxygen atoms in total. The number of H-pyrrole nitrogens is 1. The summed E-state index contributed by atoms with van der Waals surface area (Å²) in [6.45, 7) is 5.05. The van der Waals surface area contributed by atoms with Crippen LogP contribution in [-0.4, -0.2) is 41.2 Å². The second-order valence-corrected chi connectivity index (χ2v) is 8.03. The predicted molar refractivity (Wildman–Crippen MR) is 115 cm³/mol. The van der Waals surface area contributed by atoms with Gasteiger partial charge in [-0.15, -0.1) is 0 Å². The van der Waals surface area contributed by atoms with Crippen LogP contribution in [-0.2, 0) is 17.8 Å². The Labute approximate surface area is 171 Å². The van der Waals surface area contributed by atoms with Gasteiger partial charge in [0.15, 0.2) is 0 Å². The van der Waals surface area contributed by atoms with Crippen molar-refractivity contribution in [1.29, 1.82) is 0 Å². The summed E-state index contributed by atoms with van der Waals surface area (Å²) in [6, 6.07) is 12.4. The van der Waals surface area contributed by atoms with E-state index < -0.39 is 5.97 Å². The summed E-state index contributed by atoms with van der Waals surface area (Å²) in [5, 5.41) is 10.2. The van der Waals surface area contributed by atoms with Crippen molar-refractivity contribution in [2.45, 2.75) is 38.6 Å². The molecule has 0 aliphatic carbocycles. The number of ether oxygens (including phenoxy) is 1. The average molecular weight is 392 g/mol. The molecule has 1 aromatic heterocycles. The molecule has 0 saturated carbocycles. The summed E-state index contributed by atoms with van der Waals surface area (Å²) in [6.07, 6.45) is 4.40. The maximum Gasteiger partial charge on any atom is 0.307 e. The van der Waals surface area contributed by atoms with Crippen LogP contribution in [0.2, 0.25) is 0 Å². The fraction of sp³-hybridized carbons (Fsp3) is 0.375. The second-order valence-electron chi connectivity index (χ2n) is 8.03. The topological polar surface area (TPSA) is 65.6 Å². The van der Waals surface area contributed by atoms with E-state index in [9.17, 15) is 4.79 Å². The Morgan fingerprint density at radius 1 is 1.28 bits per heavy atom. The normalized spacial score (nSPS) is 17.5. The number of fused-ring (bicyclic) bond motifs is 1. The lowest BCUT2D eigenvalue weighted by atomic mass is 9.89. The third-order valence-electron chi connectivity index (χ3n) is 6.03. The van der Waals surface area contributed by atoms with Crippen molar-refractivity contribution in [2.24, 2.45) is 0 Å². The Morgan fingerprint density at radius 2 is 2.07 bits per heavy atom. The van der Waals surface area contributed by atoms with Crippen molar-refractivity contribution >= 4 is 16.9 Å². The zero-order valence-electron chi connectivity index (χ0n) is 17.1.